The lowest BCUT2D eigenvalue weighted by Gasteiger charge is -2.32. The molecule has 2 rings (SSSR count). The highest BCUT2D eigenvalue weighted by Crippen LogP contribution is 2.20. The number of amides is 1. The van der Waals surface area contributed by atoms with E-state index in [0.29, 0.717) is 45.6 Å². The van der Waals surface area contributed by atoms with Crippen molar-refractivity contribution in [3.8, 4) is 0 Å². The molecule has 0 N–H and O–H groups in total. The quantitative estimate of drug-likeness (QED) is 0.693. The van der Waals surface area contributed by atoms with Crippen molar-refractivity contribution >= 4 is 27.8 Å². The molecular formula is C18H25BrN2O3. The van der Waals surface area contributed by atoms with Crippen LogP contribution in [0, 0.1) is 5.92 Å². The summed E-state index contributed by atoms with van der Waals surface area (Å²) in [5.41, 5.74) is 1.16. The maximum absolute atomic E-state index is 12.4. The van der Waals surface area contributed by atoms with Gasteiger partial charge in [-0.3, -0.25) is 14.5 Å². The van der Waals surface area contributed by atoms with E-state index in [4.69, 9.17) is 4.74 Å². The van der Waals surface area contributed by atoms with E-state index in [2.05, 4.69) is 22.0 Å². The fourth-order valence-corrected chi connectivity index (χ4v) is 3.34. The topological polar surface area (TPSA) is 49.9 Å². The fourth-order valence-electron chi connectivity index (χ4n) is 2.93. The van der Waals surface area contributed by atoms with Gasteiger partial charge in [0.15, 0.2) is 0 Å². The van der Waals surface area contributed by atoms with Gasteiger partial charge in [0.05, 0.1) is 19.1 Å². The lowest BCUT2D eigenvalue weighted by atomic mass is 9.97. The number of halogens is 1. The molecule has 0 atom stereocenters. The van der Waals surface area contributed by atoms with Crippen molar-refractivity contribution in [2.24, 2.45) is 5.92 Å². The first kappa shape index (κ1) is 18.9. The molecular weight excluding hydrogens is 372 g/mol. The molecule has 24 heavy (non-hydrogen) atoms. The average Bonchev–Trinajstić information content (AvgIpc) is 2.57. The smallest absolute Gasteiger partial charge is 0.309 e. The molecule has 0 radical (unpaired) electrons. The van der Waals surface area contributed by atoms with Gasteiger partial charge in [-0.15, -0.1) is 0 Å². The second-order valence-corrected chi connectivity index (χ2v) is 7.03. The molecule has 5 nitrogen and oxygen atoms in total. The van der Waals surface area contributed by atoms with Crippen LogP contribution >= 0.6 is 15.9 Å². The minimum Gasteiger partial charge on any atom is -0.466 e. The van der Waals surface area contributed by atoms with Gasteiger partial charge in [0.1, 0.15) is 0 Å². The summed E-state index contributed by atoms with van der Waals surface area (Å²) < 4.78 is 6.12. The van der Waals surface area contributed by atoms with Crippen LogP contribution in [-0.4, -0.2) is 55.0 Å². The highest BCUT2D eigenvalue weighted by atomic mass is 79.9. The molecule has 1 saturated heterocycles. The van der Waals surface area contributed by atoms with E-state index in [-0.39, 0.29) is 17.8 Å². The van der Waals surface area contributed by atoms with E-state index in [1.165, 1.54) is 0 Å². The minimum absolute atomic E-state index is 0.0630. The summed E-state index contributed by atoms with van der Waals surface area (Å²) in [4.78, 5) is 28.1. The van der Waals surface area contributed by atoms with Crippen molar-refractivity contribution < 1.29 is 14.3 Å². The first-order valence-electron chi connectivity index (χ1n) is 8.37. The Hall–Kier alpha value is -1.40. The summed E-state index contributed by atoms with van der Waals surface area (Å²) in [5.74, 6) is -0.0745. The van der Waals surface area contributed by atoms with Crippen molar-refractivity contribution in [2.75, 3.05) is 33.3 Å². The van der Waals surface area contributed by atoms with Gasteiger partial charge in [0.25, 0.3) is 0 Å². The first-order chi connectivity index (χ1) is 11.5. The second kappa shape index (κ2) is 9.18. The summed E-state index contributed by atoms with van der Waals surface area (Å²) in [6.45, 7) is 4.59. The van der Waals surface area contributed by atoms with Crippen molar-refractivity contribution in [3.05, 3.63) is 34.3 Å². The highest BCUT2D eigenvalue weighted by Gasteiger charge is 2.28. The fraction of sp³-hybridized carbons (Fsp3) is 0.556. The average molecular weight is 397 g/mol. The lowest BCUT2D eigenvalue weighted by molar-refractivity contribution is -0.151. The van der Waals surface area contributed by atoms with E-state index in [9.17, 15) is 9.59 Å². The Kier molecular flexibility index (Phi) is 7.24. The molecule has 0 bridgehead atoms. The van der Waals surface area contributed by atoms with Gasteiger partial charge >= 0.3 is 5.97 Å². The van der Waals surface area contributed by atoms with E-state index in [0.717, 1.165) is 10.0 Å². The predicted molar refractivity (Wildman–Crippen MR) is 96.4 cm³/mol. The summed E-state index contributed by atoms with van der Waals surface area (Å²) in [6, 6.07) is 8.03. The van der Waals surface area contributed by atoms with Crippen LogP contribution in [0.2, 0.25) is 0 Å². The minimum atomic E-state index is -0.129. The number of hydrogen-bond acceptors (Lipinski definition) is 4. The van der Waals surface area contributed by atoms with Crippen LogP contribution in [-0.2, 0) is 20.9 Å². The Morgan fingerprint density at radius 3 is 2.58 bits per heavy atom. The van der Waals surface area contributed by atoms with Gasteiger partial charge in [-0.05, 0) is 38.4 Å². The third-order valence-electron chi connectivity index (χ3n) is 4.27. The second-order valence-electron chi connectivity index (χ2n) is 6.17. The number of carbonyl (C=O) groups excluding carboxylic acids is 2. The van der Waals surface area contributed by atoms with Gasteiger partial charge in [-0.2, -0.15) is 0 Å². The molecule has 1 aliphatic rings. The van der Waals surface area contributed by atoms with Crippen LogP contribution in [0.4, 0.5) is 0 Å². The Morgan fingerprint density at radius 2 is 1.96 bits per heavy atom. The van der Waals surface area contributed by atoms with Crippen LogP contribution in [0.15, 0.2) is 28.7 Å². The van der Waals surface area contributed by atoms with E-state index >= 15 is 0 Å². The number of benzene rings is 1. The third kappa shape index (κ3) is 5.31. The molecule has 0 aromatic heterocycles. The number of carbonyl (C=O) groups is 2. The molecule has 1 fully saturated rings. The monoisotopic (exact) mass is 396 g/mol. The number of nitrogens with zero attached hydrogens (tertiary/aromatic N) is 2. The third-order valence-corrected chi connectivity index (χ3v) is 5.04. The molecule has 0 spiro atoms. The van der Waals surface area contributed by atoms with Crippen LogP contribution in [0.25, 0.3) is 0 Å². The zero-order chi connectivity index (χ0) is 17.5. The van der Waals surface area contributed by atoms with Crippen LogP contribution in [0.1, 0.15) is 25.3 Å². The van der Waals surface area contributed by atoms with Crippen molar-refractivity contribution in [1.29, 1.82) is 0 Å². The normalized spacial score (nSPS) is 15.6. The number of ether oxygens (including phenoxy) is 1. The van der Waals surface area contributed by atoms with Gasteiger partial charge in [0, 0.05) is 24.1 Å². The molecule has 1 amide bonds. The summed E-state index contributed by atoms with van der Waals surface area (Å²) in [6.07, 6.45) is 1.39. The highest BCUT2D eigenvalue weighted by molar-refractivity contribution is 9.10. The van der Waals surface area contributed by atoms with Gasteiger partial charge in [-0.1, -0.05) is 34.1 Å². The predicted octanol–water partition coefficient (Wildman–Crippen LogP) is 2.68. The number of likely N-dealkylation sites (N-methyl/N-ethyl adjacent to an activating group) is 1. The zero-order valence-corrected chi connectivity index (χ0v) is 15.9. The van der Waals surface area contributed by atoms with E-state index in [1.54, 1.807) is 0 Å². The molecule has 1 aromatic rings. The molecule has 132 valence electrons. The summed E-state index contributed by atoms with van der Waals surface area (Å²) in [5, 5.41) is 0. The van der Waals surface area contributed by atoms with Crippen LogP contribution in [0.3, 0.4) is 0 Å². The molecule has 1 aromatic carbocycles. The Morgan fingerprint density at radius 1 is 1.29 bits per heavy atom. The largest absolute Gasteiger partial charge is 0.466 e. The zero-order valence-electron chi connectivity index (χ0n) is 14.3. The SMILES string of the molecule is CCOC(=O)C1CCN(C(=O)CN(C)Cc2ccccc2Br)CC1. The van der Waals surface area contributed by atoms with Gasteiger partial charge < -0.3 is 9.64 Å². The first-order valence-corrected chi connectivity index (χ1v) is 9.17. The van der Waals surface area contributed by atoms with Gasteiger partial charge in [-0.25, -0.2) is 0 Å². The number of esters is 1. The van der Waals surface area contributed by atoms with Crippen molar-refractivity contribution in [1.82, 2.24) is 9.80 Å². The summed E-state index contributed by atoms with van der Waals surface area (Å²) >= 11 is 3.53. The maximum Gasteiger partial charge on any atom is 0.309 e. The van der Waals surface area contributed by atoms with Crippen LogP contribution < -0.4 is 0 Å². The number of rotatable bonds is 6. The molecule has 0 saturated carbocycles. The Bertz CT molecular complexity index is 571. The Balaban J connectivity index is 1.79. The number of piperidine rings is 1. The van der Waals surface area contributed by atoms with Crippen LogP contribution in [0.5, 0.6) is 0 Å². The van der Waals surface area contributed by atoms with Crippen molar-refractivity contribution in [3.63, 3.8) is 0 Å². The summed E-state index contributed by atoms with van der Waals surface area (Å²) in [7, 11) is 1.95. The lowest BCUT2D eigenvalue weighted by Crippen LogP contribution is -2.44. The van der Waals surface area contributed by atoms with E-state index < -0.39 is 0 Å². The molecule has 6 heteroatoms. The van der Waals surface area contributed by atoms with Crippen molar-refractivity contribution in [2.45, 2.75) is 26.3 Å². The van der Waals surface area contributed by atoms with Gasteiger partial charge in [0.2, 0.25) is 5.91 Å². The molecule has 0 aliphatic carbocycles. The maximum atomic E-state index is 12.4. The number of hydrogen-bond donors (Lipinski definition) is 0. The molecule has 1 heterocycles. The van der Waals surface area contributed by atoms with E-state index in [1.807, 2.05) is 42.0 Å². The molecule has 0 unspecified atom stereocenters. The molecule has 1 aliphatic heterocycles. The standard InChI is InChI=1S/C18H25BrN2O3/c1-3-24-18(23)14-8-10-21(11-9-14)17(22)13-20(2)12-15-6-4-5-7-16(15)19/h4-7,14H,3,8-13H2,1-2H3. The number of likely N-dealkylation sites (tertiary alicyclic amines) is 1. The Labute approximate surface area is 152 Å².